The van der Waals surface area contributed by atoms with Crippen molar-refractivity contribution in [2.45, 2.75) is 44.1 Å². The van der Waals surface area contributed by atoms with Crippen molar-refractivity contribution in [2.75, 3.05) is 25.5 Å². The summed E-state index contributed by atoms with van der Waals surface area (Å²) in [5.41, 5.74) is 4.32. The Balaban J connectivity index is 1.54. The van der Waals surface area contributed by atoms with Crippen molar-refractivity contribution in [1.82, 2.24) is 4.90 Å². The van der Waals surface area contributed by atoms with E-state index >= 15 is 0 Å². The van der Waals surface area contributed by atoms with E-state index in [4.69, 9.17) is 4.74 Å². The summed E-state index contributed by atoms with van der Waals surface area (Å²) in [6.07, 6.45) is 10.3. The van der Waals surface area contributed by atoms with Crippen molar-refractivity contribution >= 4 is 11.6 Å². The van der Waals surface area contributed by atoms with Crippen LogP contribution in [0.3, 0.4) is 0 Å². The zero-order valence-corrected chi connectivity index (χ0v) is 17.6. The first-order valence-electron chi connectivity index (χ1n) is 11.3. The van der Waals surface area contributed by atoms with Gasteiger partial charge in [-0.15, -0.1) is 0 Å². The van der Waals surface area contributed by atoms with Crippen LogP contribution >= 0.6 is 0 Å². The first-order valence-corrected chi connectivity index (χ1v) is 11.3. The van der Waals surface area contributed by atoms with Gasteiger partial charge in [0.05, 0.1) is 24.4 Å². The van der Waals surface area contributed by atoms with Gasteiger partial charge in [-0.3, -0.25) is 4.79 Å². The molecule has 4 nitrogen and oxygen atoms in total. The first-order chi connectivity index (χ1) is 14.8. The number of fused-ring (bicyclic) bond motifs is 3. The van der Waals surface area contributed by atoms with Crippen LogP contribution in [0.5, 0.6) is 5.75 Å². The van der Waals surface area contributed by atoms with Crippen LogP contribution in [0.4, 0.5) is 5.69 Å². The Morgan fingerprint density at radius 1 is 1.07 bits per heavy atom. The minimum Gasteiger partial charge on any atom is -0.497 e. The van der Waals surface area contributed by atoms with E-state index in [-0.39, 0.29) is 11.9 Å². The third-order valence-electron chi connectivity index (χ3n) is 6.97. The highest BCUT2D eigenvalue weighted by Crippen LogP contribution is 2.51. The maximum Gasteiger partial charge on any atom is 0.255 e. The van der Waals surface area contributed by atoms with E-state index in [1.807, 2.05) is 12.1 Å². The SMILES string of the molecule is COc1cccc(C2Nc3c(C(=O)N4CCCCCC4)cccc3C3C=CCC32)c1. The van der Waals surface area contributed by atoms with Crippen LogP contribution in [0.2, 0.25) is 0 Å². The highest BCUT2D eigenvalue weighted by Gasteiger charge is 2.39. The van der Waals surface area contributed by atoms with E-state index in [9.17, 15) is 4.79 Å². The number of anilines is 1. The Bertz CT molecular complexity index is 959. The van der Waals surface area contributed by atoms with Crippen LogP contribution in [0.15, 0.2) is 54.6 Å². The van der Waals surface area contributed by atoms with Crippen molar-refractivity contribution in [2.24, 2.45) is 5.92 Å². The molecular formula is C26H30N2O2. The normalized spacial score (nSPS) is 25.1. The molecule has 1 N–H and O–H groups in total. The van der Waals surface area contributed by atoms with E-state index < -0.39 is 0 Å². The number of benzene rings is 2. The van der Waals surface area contributed by atoms with Gasteiger partial charge in [0.15, 0.2) is 0 Å². The van der Waals surface area contributed by atoms with Gasteiger partial charge in [0.2, 0.25) is 0 Å². The monoisotopic (exact) mass is 402 g/mol. The van der Waals surface area contributed by atoms with Crippen molar-refractivity contribution in [3.63, 3.8) is 0 Å². The summed E-state index contributed by atoms with van der Waals surface area (Å²) in [4.78, 5) is 15.6. The average molecular weight is 403 g/mol. The largest absolute Gasteiger partial charge is 0.497 e. The molecule has 2 heterocycles. The summed E-state index contributed by atoms with van der Waals surface area (Å²) in [5, 5.41) is 3.80. The summed E-state index contributed by atoms with van der Waals surface area (Å²) >= 11 is 0. The first kappa shape index (κ1) is 19.2. The molecule has 156 valence electrons. The zero-order chi connectivity index (χ0) is 20.5. The standard InChI is InChI=1S/C26H30N2O2/c1-30-19-10-6-9-18(17-19)24-21-12-7-11-20(21)22-13-8-14-23(25(22)27-24)26(29)28-15-4-2-3-5-16-28/h6-11,13-14,17,20-21,24,27H,2-5,12,15-16H2,1H3. The lowest BCUT2D eigenvalue weighted by Crippen LogP contribution is -2.35. The zero-order valence-electron chi connectivity index (χ0n) is 17.6. The quantitative estimate of drug-likeness (QED) is 0.686. The van der Waals surface area contributed by atoms with E-state index in [0.717, 1.165) is 49.4 Å². The fourth-order valence-electron chi connectivity index (χ4n) is 5.41. The van der Waals surface area contributed by atoms with Crippen LogP contribution < -0.4 is 10.1 Å². The van der Waals surface area contributed by atoms with Gasteiger partial charge in [-0.2, -0.15) is 0 Å². The number of likely N-dealkylation sites (tertiary alicyclic amines) is 1. The molecule has 4 heteroatoms. The van der Waals surface area contributed by atoms with Gasteiger partial charge in [-0.1, -0.05) is 49.3 Å². The fraction of sp³-hybridized carbons (Fsp3) is 0.423. The minimum atomic E-state index is 0.158. The molecule has 2 aromatic carbocycles. The van der Waals surface area contributed by atoms with Crippen molar-refractivity contribution in [3.8, 4) is 5.75 Å². The molecule has 1 fully saturated rings. The molecule has 2 aliphatic heterocycles. The van der Waals surface area contributed by atoms with Gasteiger partial charge in [0.25, 0.3) is 5.91 Å². The van der Waals surface area contributed by atoms with Gasteiger partial charge in [0.1, 0.15) is 5.75 Å². The highest BCUT2D eigenvalue weighted by molar-refractivity contribution is 6.00. The predicted molar refractivity (Wildman–Crippen MR) is 120 cm³/mol. The molecule has 0 bridgehead atoms. The third kappa shape index (κ3) is 3.38. The maximum atomic E-state index is 13.5. The molecule has 3 unspecified atom stereocenters. The average Bonchev–Trinajstić information content (AvgIpc) is 3.13. The summed E-state index contributed by atoms with van der Waals surface area (Å²) in [5.74, 6) is 1.84. The van der Waals surface area contributed by atoms with Gasteiger partial charge in [0, 0.05) is 19.0 Å². The highest BCUT2D eigenvalue weighted by atomic mass is 16.5. The fourth-order valence-corrected chi connectivity index (χ4v) is 5.41. The lowest BCUT2D eigenvalue weighted by molar-refractivity contribution is 0.0762. The number of amides is 1. The van der Waals surface area contributed by atoms with Crippen LogP contribution in [-0.4, -0.2) is 31.0 Å². The number of carbonyl (C=O) groups excluding carboxylic acids is 1. The maximum absolute atomic E-state index is 13.5. The van der Waals surface area contributed by atoms with Crippen LogP contribution in [0.25, 0.3) is 0 Å². The molecule has 3 aliphatic rings. The molecular weight excluding hydrogens is 372 g/mol. The number of ether oxygens (including phenoxy) is 1. The van der Waals surface area contributed by atoms with Crippen molar-refractivity contribution < 1.29 is 9.53 Å². The van der Waals surface area contributed by atoms with E-state index in [2.05, 4.69) is 52.7 Å². The number of allylic oxidation sites excluding steroid dienone is 2. The summed E-state index contributed by atoms with van der Waals surface area (Å²) in [7, 11) is 1.71. The van der Waals surface area contributed by atoms with Gasteiger partial charge in [-0.25, -0.2) is 0 Å². The second-order valence-electron chi connectivity index (χ2n) is 8.73. The number of nitrogens with zero attached hydrogens (tertiary/aromatic N) is 1. The van der Waals surface area contributed by atoms with Gasteiger partial charge >= 0.3 is 0 Å². The Morgan fingerprint density at radius 3 is 2.67 bits per heavy atom. The second kappa shape index (κ2) is 8.17. The van der Waals surface area contributed by atoms with Gasteiger partial charge in [-0.05, 0) is 54.5 Å². The van der Waals surface area contributed by atoms with Crippen molar-refractivity contribution in [1.29, 1.82) is 0 Å². The number of methoxy groups -OCH3 is 1. The van der Waals surface area contributed by atoms with E-state index in [0.29, 0.717) is 11.8 Å². The smallest absolute Gasteiger partial charge is 0.255 e. The molecule has 30 heavy (non-hydrogen) atoms. The summed E-state index contributed by atoms with van der Waals surface area (Å²) in [6.45, 7) is 1.74. The lowest BCUT2D eigenvalue weighted by Gasteiger charge is -2.38. The van der Waals surface area contributed by atoms with Crippen LogP contribution in [0.1, 0.15) is 65.5 Å². The summed E-state index contributed by atoms with van der Waals surface area (Å²) < 4.78 is 5.48. The Labute approximate surface area is 178 Å². The lowest BCUT2D eigenvalue weighted by atomic mass is 9.76. The molecule has 2 aromatic rings. The van der Waals surface area contributed by atoms with Gasteiger partial charge < -0.3 is 15.0 Å². The van der Waals surface area contributed by atoms with E-state index in [1.165, 1.54) is 24.0 Å². The molecule has 0 saturated carbocycles. The number of carbonyl (C=O) groups is 1. The number of rotatable bonds is 3. The van der Waals surface area contributed by atoms with Crippen LogP contribution in [0, 0.1) is 5.92 Å². The number of hydrogen-bond acceptors (Lipinski definition) is 3. The molecule has 1 amide bonds. The number of nitrogens with one attached hydrogen (secondary N) is 1. The molecule has 0 spiro atoms. The summed E-state index contributed by atoms with van der Waals surface area (Å²) in [6, 6.07) is 14.7. The predicted octanol–water partition coefficient (Wildman–Crippen LogP) is 5.54. The Kier molecular flexibility index (Phi) is 5.24. The molecule has 5 rings (SSSR count). The molecule has 3 atom stereocenters. The molecule has 0 aromatic heterocycles. The number of para-hydroxylation sites is 1. The molecule has 1 saturated heterocycles. The Morgan fingerprint density at radius 2 is 1.87 bits per heavy atom. The Hall–Kier alpha value is -2.75. The molecule has 1 aliphatic carbocycles. The van der Waals surface area contributed by atoms with E-state index in [1.54, 1.807) is 7.11 Å². The second-order valence-corrected chi connectivity index (χ2v) is 8.73. The third-order valence-corrected chi connectivity index (χ3v) is 6.97. The van der Waals surface area contributed by atoms with Crippen LogP contribution in [-0.2, 0) is 0 Å². The topological polar surface area (TPSA) is 41.6 Å². The minimum absolute atomic E-state index is 0.158. The number of hydrogen-bond donors (Lipinski definition) is 1. The molecule has 0 radical (unpaired) electrons. The van der Waals surface area contributed by atoms with Crippen molar-refractivity contribution in [3.05, 3.63) is 71.3 Å².